The lowest BCUT2D eigenvalue weighted by Gasteiger charge is -2.39. The predicted octanol–water partition coefficient (Wildman–Crippen LogP) is 3.89. The molecule has 1 saturated heterocycles. The van der Waals surface area contributed by atoms with Gasteiger partial charge in [0.25, 0.3) is 0 Å². The highest BCUT2D eigenvalue weighted by Crippen LogP contribution is 2.39. The first-order chi connectivity index (χ1) is 12.7. The quantitative estimate of drug-likeness (QED) is 0.842. The molecule has 4 heteroatoms. The second-order valence-electron chi connectivity index (χ2n) is 7.45. The van der Waals surface area contributed by atoms with Crippen LogP contribution < -0.4 is 9.64 Å². The third-order valence-corrected chi connectivity index (χ3v) is 5.39. The van der Waals surface area contributed by atoms with Crippen LogP contribution in [0.5, 0.6) is 5.75 Å². The van der Waals surface area contributed by atoms with Crippen LogP contribution in [0, 0.1) is 5.92 Å². The van der Waals surface area contributed by atoms with Gasteiger partial charge in [0.2, 0.25) is 5.91 Å². The lowest BCUT2D eigenvalue weighted by molar-refractivity contribution is -0.121. The molecule has 2 aliphatic heterocycles. The molecule has 0 radical (unpaired) electrons. The Labute approximate surface area is 155 Å². The number of benzene rings is 2. The first-order valence-corrected chi connectivity index (χ1v) is 9.53. The SMILES string of the molecule is C[C@H]1CCCN(CC(=O)N2c3ccccc3OC[C@@H]2c2ccccc2)C1. The van der Waals surface area contributed by atoms with Gasteiger partial charge in [-0.3, -0.25) is 14.6 Å². The van der Waals surface area contributed by atoms with Crippen molar-refractivity contribution in [2.24, 2.45) is 5.92 Å². The van der Waals surface area contributed by atoms with E-state index in [1.807, 2.05) is 47.4 Å². The number of amides is 1. The topological polar surface area (TPSA) is 32.8 Å². The zero-order chi connectivity index (χ0) is 17.9. The van der Waals surface area contributed by atoms with Crippen molar-refractivity contribution >= 4 is 11.6 Å². The highest BCUT2D eigenvalue weighted by molar-refractivity contribution is 5.97. The van der Waals surface area contributed by atoms with Gasteiger partial charge in [-0.1, -0.05) is 49.4 Å². The van der Waals surface area contributed by atoms with Crippen molar-refractivity contribution in [1.29, 1.82) is 0 Å². The van der Waals surface area contributed by atoms with Crippen LogP contribution in [0.1, 0.15) is 31.4 Å². The molecule has 0 saturated carbocycles. The van der Waals surface area contributed by atoms with E-state index in [-0.39, 0.29) is 11.9 Å². The van der Waals surface area contributed by atoms with E-state index in [4.69, 9.17) is 4.74 Å². The Bertz CT molecular complexity index is 762. The van der Waals surface area contributed by atoms with Gasteiger partial charge in [-0.25, -0.2) is 0 Å². The molecule has 0 N–H and O–H groups in total. The molecule has 0 unspecified atom stereocenters. The van der Waals surface area contributed by atoms with Crippen LogP contribution in [0.2, 0.25) is 0 Å². The first kappa shape index (κ1) is 17.1. The maximum Gasteiger partial charge on any atom is 0.241 e. The van der Waals surface area contributed by atoms with Crippen LogP contribution >= 0.6 is 0 Å². The summed E-state index contributed by atoms with van der Waals surface area (Å²) in [4.78, 5) is 17.6. The standard InChI is InChI=1S/C22H26N2O2/c1-17-8-7-13-23(14-17)15-22(25)24-19-11-5-6-12-21(19)26-16-20(24)18-9-3-2-4-10-18/h2-6,9-12,17,20H,7-8,13-16H2,1H3/t17-,20+/m0/s1. The zero-order valence-corrected chi connectivity index (χ0v) is 15.3. The summed E-state index contributed by atoms with van der Waals surface area (Å²) in [7, 11) is 0. The smallest absolute Gasteiger partial charge is 0.241 e. The summed E-state index contributed by atoms with van der Waals surface area (Å²) in [6.45, 7) is 5.25. The summed E-state index contributed by atoms with van der Waals surface area (Å²) < 4.78 is 5.97. The van der Waals surface area contributed by atoms with Gasteiger partial charge < -0.3 is 4.74 Å². The summed E-state index contributed by atoms with van der Waals surface area (Å²) in [6, 6.07) is 18.0. The lowest BCUT2D eigenvalue weighted by atomic mass is 10.00. The molecular formula is C22H26N2O2. The van der Waals surface area contributed by atoms with Gasteiger partial charge in [-0.2, -0.15) is 0 Å². The Morgan fingerprint density at radius 1 is 1.12 bits per heavy atom. The molecule has 0 aliphatic carbocycles. The maximum atomic E-state index is 13.3. The predicted molar refractivity (Wildman–Crippen MR) is 103 cm³/mol. The number of hydrogen-bond acceptors (Lipinski definition) is 3. The van der Waals surface area contributed by atoms with Crippen molar-refractivity contribution in [3.05, 3.63) is 60.2 Å². The maximum absolute atomic E-state index is 13.3. The van der Waals surface area contributed by atoms with E-state index < -0.39 is 0 Å². The average molecular weight is 350 g/mol. The molecule has 4 rings (SSSR count). The number of rotatable bonds is 3. The van der Waals surface area contributed by atoms with Gasteiger partial charge in [0, 0.05) is 6.54 Å². The summed E-state index contributed by atoms with van der Waals surface area (Å²) in [5.74, 6) is 1.61. The van der Waals surface area contributed by atoms with Crippen LogP contribution in [0.15, 0.2) is 54.6 Å². The third kappa shape index (κ3) is 3.47. The third-order valence-electron chi connectivity index (χ3n) is 5.39. The van der Waals surface area contributed by atoms with Crippen molar-refractivity contribution in [2.75, 3.05) is 31.1 Å². The first-order valence-electron chi connectivity index (χ1n) is 9.53. The minimum absolute atomic E-state index is 0.0826. The average Bonchev–Trinajstić information content (AvgIpc) is 2.67. The molecule has 0 aromatic heterocycles. The largest absolute Gasteiger partial charge is 0.489 e. The number of likely N-dealkylation sites (tertiary alicyclic amines) is 1. The molecule has 26 heavy (non-hydrogen) atoms. The van der Waals surface area contributed by atoms with E-state index in [1.165, 1.54) is 12.8 Å². The fourth-order valence-electron chi connectivity index (χ4n) is 4.12. The summed E-state index contributed by atoms with van der Waals surface area (Å²) >= 11 is 0. The number of carbonyl (C=O) groups is 1. The van der Waals surface area contributed by atoms with Gasteiger partial charge in [-0.05, 0) is 43.0 Å². The summed E-state index contributed by atoms with van der Waals surface area (Å²) in [6.07, 6.45) is 2.44. The molecule has 2 heterocycles. The Balaban J connectivity index is 1.63. The van der Waals surface area contributed by atoms with Gasteiger partial charge in [0.1, 0.15) is 12.4 Å². The fourth-order valence-corrected chi connectivity index (χ4v) is 4.12. The van der Waals surface area contributed by atoms with Gasteiger partial charge in [0.05, 0.1) is 18.3 Å². The number of nitrogens with zero attached hydrogens (tertiary/aromatic N) is 2. The molecule has 2 aromatic carbocycles. The van der Waals surface area contributed by atoms with E-state index in [2.05, 4.69) is 24.0 Å². The molecule has 0 spiro atoms. The number of hydrogen-bond donors (Lipinski definition) is 0. The van der Waals surface area contributed by atoms with Gasteiger partial charge in [0.15, 0.2) is 0 Å². The highest BCUT2D eigenvalue weighted by Gasteiger charge is 2.34. The van der Waals surface area contributed by atoms with Crippen LogP contribution in [-0.4, -0.2) is 37.0 Å². The Kier molecular flexibility index (Phi) is 4.93. The van der Waals surface area contributed by atoms with Crippen LogP contribution in [0.3, 0.4) is 0 Å². The molecule has 2 atom stereocenters. The minimum atomic E-state index is -0.0826. The Morgan fingerprint density at radius 2 is 1.88 bits per heavy atom. The van der Waals surface area contributed by atoms with E-state index in [0.29, 0.717) is 19.1 Å². The van der Waals surface area contributed by atoms with E-state index in [9.17, 15) is 4.79 Å². The lowest BCUT2D eigenvalue weighted by Crippen LogP contribution is -2.47. The highest BCUT2D eigenvalue weighted by atomic mass is 16.5. The van der Waals surface area contributed by atoms with E-state index in [0.717, 1.165) is 30.1 Å². The van der Waals surface area contributed by atoms with Crippen molar-refractivity contribution in [1.82, 2.24) is 4.90 Å². The Morgan fingerprint density at radius 3 is 2.69 bits per heavy atom. The van der Waals surface area contributed by atoms with Crippen molar-refractivity contribution in [3.8, 4) is 5.75 Å². The monoisotopic (exact) mass is 350 g/mol. The normalized spacial score (nSPS) is 23.2. The second kappa shape index (κ2) is 7.50. The molecule has 4 nitrogen and oxygen atoms in total. The molecular weight excluding hydrogens is 324 g/mol. The fraction of sp³-hybridized carbons (Fsp3) is 0.409. The number of fused-ring (bicyclic) bond motifs is 1. The molecule has 1 fully saturated rings. The number of anilines is 1. The molecule has 2 aromatic rings. The van der Waals surface area contributed by atoms with Crippen molar-refractivity contribution in [3.63, 3.8) is 0 Å². The minimum Gasteiger partial charge on any atom is -0.489 e. The summed E-state index contributed by atoms with van der Waals surface area (Å²) in [5, 5.41) is 0. The molecule has 2 aliphatic rings. The van der Waals surface area contributed by atoms with Crippen molar-refractivity contribution in [2.45, 2.75) is 25.8 Å². The van der Waals surface area contributed by atoms with Gasteiger partial charge >= 0.3 is 0 Å². The number of ether oxygens (including phenoxy) is 1. The van der Waals surface area contributed by atoms with Crippen LogP contribution in [0.25, 0.3) is 0 Å². The van der Waals surface area contributed by atoms with E-state index >= 15 is 0 Å². The Hall–Kier alpha value is -2.33. The van der Waals surface area contributed by atoms with Crippen LogP contribution in [0.4, 0.5) is 5.69 Å². The number of piperidine rings is 1. The van der Waals surface area contributed by atoms with Crippen molar-refractivity contribution < 1.29 is 9.53 Å². The zero-order valence-electron chi connectivity index (χ0n) is 15.3. The molecule has 136 valence electrons. The van der Waals surface area contributed by atoms with Gasteiger partial charge in [-0.15, -0.1) is 0 Å². The molecule has 0 bridgehead atoms. The van der Waals surface area contributed by atoms with E-state index in [1.54, 1.807) is 0 Å². The molecule has 1 amide bonds. The number of para-hydroxylation sites is 2. The summed E-state index contributed by atoms with van der Waals surface area (Å²) in [5.41, 5.74) is 1.99. The number of carbonyl (C=O) groups excluding carboxylic acids is 1. The second-order valence-corrected chi connectivity index (χ2v) is 7.45. The van der Waals surface area contributed by atoms with Crippen LogP contribution in [-0.2, 0) is 4.79 Å².